The second-order valence-corrected chi connectivity index (χ2v) is 7.13. The van der Waals surface area contributed by atoms with Crippen molar-refractivity contribution in [1.82, 2.24) is 0 Å². The number of carbonyl (C=O) groups is 1. The van der Waals surface area contributed by atoms with Crippen LogP contribution in [0.25, 0.3) is 0 Å². The van der Waals surface area contributed by atoms with E-state index >= 15 is 0 Å². The first-order valence-corrected chi connectivity index (χ1v) is 7.05. The molecule has 0 aromatic heterocycles. The average Bonchev–Trinajstić information content (AvgIpc) is 2.65. The molecule has 3 heteroatoms. The highest BCUT2D eigenvalue weighted by atomic mass is 79.9. The topological polar surface area (TPSA) is 29.1 Å². The van der Waals surface area contributed by atoms with Crippen LogP contribution in [0.1, 0.15) is 33.3 Å². The Balaban J connectivity index is 2.17. The number of benzene rings is 1. The zero-order valence-corrected chi connectivity index (χ0v) is 13.2. The first-order chi connectivity index (χ1) is 8.19. The molecule has 0 heterocycles. The second-order valence-electron chi connectivity index (χ2n) is 6.28. The van der Waals surface area contributed by atoms with Crippen molar-refractivity contribution in [3.05, 3.63) is 28.2 Å². The fourth-order valence-corrected chi connectivity index (χ4v) is 3.17. The summed E-state index contributed by atoms with van der Waals surface area (Å²) < 4.78 is 1.02. The van der Waals surface area contributed by atoms with Crippen LogP contribution in [-0.4, -0.2) is 5.91 Å². The predicted octanol–water partition coefficient (Wildman–Crippen LogP) is 4.38. The maximum atomic E-state index is 12.3. The number of rotatable bonds is 2. The van der Waals surface area contributed by atoms with Gasteiger partial charge in [-0.1, -0.05) is 49.7 Å². The van der Waals surface area contributed by atoms with Crippen LogP contribution in [0, 0.1) is 23.7 Å². The monoisotopic (exact) mass is 309 g/mol. The highest BCUT2D eigenvalue weighted by Crippen LogP contribution is 2.68. The van der Waals surface area contributed by atoms with Gasteiger partial charge >= 0.3 is 0 Å². The summed E-state index contributed by atoms with van der Waals surface area (Å²) in [6.07, 6.45) is 0. The van der Waals surface area contributed by atoms with Crippen molar-refractivity contribution >= 4 is 27.5 Å². The van der Waals surface area contributed by atoms with Gasteiger partial charge in [0.25, 0.3) is 0 Å². The minimum atomic E-state index is 0.0804. The zero-order valence-electron chi connectivity index (χ0n) is 11.6. The fourth-order valence-electron chi connectivity index (χ4n) is 2.80. The van der Waals surface area contributed by atoms with Crippen molar-refractivity contribution in [1.29, 1.82) is 0 Å². The lowest BCUT2D eigenvalue weighted by molar-refractivity contribution is -0.118. The molecule has 2 rings (SSSR count). The summed E-state index contributed by atoms with van der Waals surface area (Å²) in [6.45, 7) is 10.6. The van der Waals surface area contributed by atoms with Crippen LogP contribution in [-0.2, 0) is 4.79 Å². The highest BCUT2D eigenvalue weighted by molar-refractivity contribution is 9.10. The Morgan fingerprint density at radius 1 is 1.22 bits per heavy atom. The third-order valence-corrected chi connectivity index (χ3v) is 5.67. The summed E-state index contributed by atoms with van der Waals surface area (Å²) in [5.74, 6) is 0.217. The molecule has 1 aromatic carbocycles. The van der Waals surface area contributed by atoms with E-state index in [0.717, 1.165) is 15.7 Å². The van der Waals surface area contributed by atoms with Crippen molar-refractivity contribution in [3.8, 4) is 0 Å². The predicted molar refractivity (Wildman–Crippen MR) is 78.6 cm³/mol. The molecule has 1 fully saturated rings. The van der Waals surface area contributed by atoms with Crippen molar-refractivity contribution in [2.75, 3.05) is 5.32 Å². The molecule has 0 bridgehead atoms. The SMILES string of the molecule is Cc1c(Br)cccc1NC(=O)C1C(C)(C)C1(C)C. The molecule has 18 heavy (non-hydrogen) atoms. The molecule has 1 aliphatic carbocycles. The van der Waals surface area contributed by atoms with Crippen LogP contribution >= 0.6 is 15.9 Å². The van der Waals surface area contributed by atoms with E-state index < -0.39 is 0 Å². The van der Waals surface area contributed by atoms with Crippen LogP contribution in [0.3, 0.4) is 0 Å². The molecule has 1 aromatic rings. The molecule has 2 nitrogen and oxygen atoms in total. The molecular weight excluding hydrogens is 290 g/mol. The molecule has 1 amide bonds. The van der Waals surface area contributed by atoms with E-state index in [-0.39, 0.29) is 22.7 Å². The Kier molecular flexibility index (Phi) is 3.09. The van der Waals surface area contributed by atoms with Gasteiger partial charge in [-0.25, -0.2) is 0 Å². The Hall–Kier alpha value is -0.830. The zero-order chi connectivity index (χ0) is 13.7. The lowest BCUT2D eigenvalue weighted by Crippen LogP contribution is -2.18. The summed E-state index contributed by atoms with van der Waals surface area (Å²) in [5.41, 5.74) is 2.13. The van der Waals surface area contributed by atoms with Crippen molar-refractivity contribution in [2.24, 2.45) is 16.7 Å². The maximum absolute atomic E-state index is 12.3. The summed E-state index contributed by atoms with van der Waals surface area (Å²) in [7, 11) is 0. The maximum Gasteiger partial charge on any atom is 0.228 e. The average molecular weight is 310 g/mol. The van der Waals surface area contributed by atoms with E-state index in [1.807, 2.05) is 25.1 Å². The molecule has 1 saturated carbocycles. The number of hydrogen-bond donors (Lipinski definition) is 1. The van der Waals surface area contributed by atoms with Gasteiger partial charge in [-0.2, -0.15) is 0 Å². The Morgan fingerprint density at radius 2 is 1.78 bits per heavy atom. The highest BCUT2D eigenvalue weighted by Gasteiger charge is 2.68. The van der Waals surface area contributed by atoms with Gasteiger partial charge in [0, 0.05) is 16.1 Å². The minimum Gasteiger partial charge on any atom is -0.326 e. The van der Waals surface area contributed by atoms with Crippen LogP contribution in [0.2, 0.25) is 0 Å². The first kappa shape index (κ1) is 13.6. The number of anilines is 1. The van der Waals surface area contributed by atoms with Gasteiger partial charge in [-0.3, -0.25) is 4.79 Å². The summed E-state index contributed by atoms with van der Waals surface area (Å²) in [4.78, 5) is 12.3. The third-order valence-electron chi connectivity index (χ3n) is 4.81. The van der Waals surface area contributed by atoms with Gasteiger partial charge < -0.3 is 5.32 Å². The van der Waals surface area contributed by atoms with Gasteiger partial charge in [0.1, 0.15) is 0 Å². The van der Waals surface area contributed by atoms with Gasteiger partial charge in [-0.05, 0) is 35.4 Å². The number of nitrogens with one attached hydrogen (secondary N) is 1. The third kappa shape index (κ3) is 1.89. The van der Waals surface area contributed by atoms with Crippen molar-refractivity contribution in [2.45, 2.75) is 34.6 Å². The number of amides is 1. The van der Waals surface area contributed by atoms with E-state index in [1.54, 1.807) is 0 Å². The van der Waals surface area contributed by atoms with E-state index in [0.29, 0.717) is 0 Å². The molecule has 0 radical (unpaired) electrons. The molecule has 0 saturated heterocycles. The first-order valence-electron chi connectivity index (χ1n) is 6.25. The van der Waals surface area contributed by atoms with Crippen LogP contribution < -0.4 is 5.32 Å². The molecular formula is C15H20BrNO. The summed E-state index contributed by atoms with van der Waals surface area (Å²) in [6, 6.07) is 5.87. The molecule has 1 N–H and O–H groups in total. The van der Waals surface area contributed by atoms with Crippen LogP contribution in [0.4, 0.5) is 5.69 Å². The van der Waals surface area contributed by atoms with Gasteiger partial charge in [0.2, 0.25) is 5.91 Å². The van der Waals surface area contributed by atoms with Crippen molar-refractivity contribution in [3.63, 3.8) is 0 Å². The van der Waals surface area contributed by atoms with Gasteiger partial charge in [-0.15, -0.1) is 0 Å². The molecule has 0 aliphatic heterocycles. The molecule has 98 valence electrons. The Bertz CT molecular complexity index is 491. The molecule has 1 aliphatic rings. The van der Waals surface area contributed by atoms with Crippen molar-refractivity contribution < 1.29 is 4.79 Å². The fraction of sp³-hybridized carbons (Fsp3) is 0.533. The van der Waals surface area contributed by atoms with Crippen LogP contribution in [0.5, 0.6) is 0 Å². The second kappa shape index (κ2) is 4.09. The molecule has 0 atom stereocenters. The standard InChI is InChI=1S/C15H20BrNO/c1-9-10(16)7-6-8-11(9)17-13(18)12-14(2,3)15(12,4)5/h6-8,12H,1-5H3,(H,17,18). The number of halogens is 1. The van der Waals surface area contributed by atoms with E-state index in [1.165, 1.54) is 0 Å². The van der Waals surface area contributed by atoms with E-state index in [9.17, 15) is 4.79 Å². The largest absolute Gasteiger partial charge is 0.326 e. The van der Waals surface area contributed by atoms with Crippen LogP contribution in [0.15, 0.2) is 22.7 Å². The number of carbonyl (C=O) groups excluding carboxylic acids is 1. The van der Waals surface area contributed by atoms with E-state index in [4.69, 9.17) is 0 Å². The smallest absolute Gasteiger partial charge is 0.228 e. The Morgan fingerprint density at radius 3 is 2.28 bits per heavy atom. The summed E-state index contributed by atoms with van der Waals surface area (Å²) >= 11 is 3.48. The lowest BCUT2D eigenvalue weighted by Gasteiger charge is -2.10. The van der Waals surface area contributed by atoms with Gasteiger partial charge in [0.05, 0.1) is 0 Å². The summed E-state index contributed by atoms with van der Waals surface area (Å²) in [5, 5.41) is 3.06. The molecule has 0 spiro atoms. The molecule has 0 unspecified atom stereocenters. The van der Waals surface area contributed by atoms with E-state index in [2.05, 4.69) is 48.9 Å². The lowest BCUT2D eigenvalue weighted by atomic mass is 10.0. The normalized spacial score (nSPS) is 20.6. The Labute approximate surface area is 117 Å². The minimum absolute atomic E-state index is 0.0804. The van der Waals surface area contributed by atoms with Gasteiger partial charge in [0.15, 0.2) is 0 Å². The quantitative estimate of drug-likeness (QED) is 0.863. The number of hydrogen-bond acceptors (Lipinski definition) is 1.